The van der Waals surface area contributed by atoms with Gasteiger partial charge < -0.3 is 25.4 Å². The van der Waals surface area contributed by atoms with E-state index in [0.29, 0.717) is 48.8 Å². The van der Waals surface area contributed by atoms with Crippen LogP contribution in [0.25, 0.3) is 0 Å². The van der Waals surface area contributed by atoms with Crippen LogP contribution in [0.15, 0.2) is 48.7 Å². The Balaban J connectivity index is 1.41. The van der Waals surface area contributed by atoms with Crippen LogP contribution in [0.5, 0.6) is 11.5 Å². The molecule has 0 atom stereocenters. The van der Waals surface area contributed by atoms with Crippen molar-refractivity contribution in [2.45, 2.75) is 25.8 Å². The molecule has 1 saturated heterocycles. The number of methoxy groups -OCH3 is 1. The van der Waals surface area contributed by atoms with Gasteiger partial charge in [-0.3, -0.25) is 9.69 Å². The molecular formula is C27H31ClN6O3. The maximum absolute atomic E-state index is 12.5. The number of benzene rings is 2. The van der Waals surface area contributed by atoms with Gasteiger partial charge in [0.05, 0.1) is 13.7 Å². The summed E-state index contributed by atoms with van der Waals surface area (Å²) in [7, 11) is 1.59. The van der Waals surface area contributed by atoms with Crippen molar-refractivity contribution in [1.29, 1.82) is 0 Å². The first-order chi connectivity index (χ1) is 18.1. The molecule has 3 aliphatic rings. The van der Waals surface area contributed by atoms with Crippen LogP contribution in [0.3, 0.4) is 0 Å². The zero-order valence-corrected chi connectivity index (χ0v) is 21.6. The van der Waals surface area contributed by atoms with Gasteiger partial charge in [-0.1, -0.05) is 11.6 Å². The Hall–Kier alpha value is -3.56. The standard InChI is InChI=1S/C27H31ClN6O3/c1-36-23-5-3-21-16-24(23)37-13-10-29-26(35)14-18-7-11-34(12-8-18)17-19-15-20(2-4-22(19)28)31-25-6-9-30-27(32-21)33-25/h2-6,9,15-16,18H,7-8,10-14,17H2,1H3,(H,29,35)(H2,30,31,32,33). The lowest BCUT2D eigenvalue weighted by Crippen LogP contribution is -2.36. The molecular weight excluding hydrogens is 492 g/mol. The third-order valence-electron chi connectivity index (χ3n) is 6.65. The third kappa shape index (κ3) is 6.61. The number of amides is 1. The van der Waals surface area contributed by atoms with Crippen LogP contribution in [0.2, 0.25) is 5.02 Å². The number of nitrogens with one attached hydrogen (secondary N) is 3. The predicted molar refractivity (Wildman–Crippen MR) is 144 cm³/mol. The van der Waals surface area contributed by atoms with Crippen LogP contribution in [-0.2, 0) is 11.3 Å². The van der Waals surface area contributed by atoms with Crippen LogP contribution in [0.4, 0.5) is 23.1 Å². The number of halogens is 1. The highest BCUT2D eigenvalue weighted by atomic mass is 35.5. The summed E-state index contributed by atoms with van der Waals surface area (Å²) in [4.78, 5) is 23.9. The van der Waals surface area contributed by atoms with Crippen molar-refractivity contribution in [2.24, 2.45) is 5.92 Å². The van der Waals surface area contributed by atoms with Gasteiger partial charge in [0.2, 0.25) is 11.9 Å². The molecule has 3 aliphatic heterocycles. The van der Waals surface area contributed by atoms with E-state index in [-0.39, 0.29) is 5.91 Å². The summed E-state index contributed by atoms with van der Waals surface area (Å²) < 4.78 is 11.4. The number of hydrogen-bond acceptors (Lipinski definition) is 8. The molecule has 194 valence electrons. The van der Waals surface area contributed by atoms with E-state index in [0.717, 1.165) is 54.4 Å². The zero-order valence-electron chi connectivity index (χ0n) is 20.8. The molecule has 3 aromatic rings. The molecule has 0 aliphatic carbocycles. The Morgan fingerprint density at radius 1 is 1.08 bits per heavy atom. The zero-order chi connectivity index (χ0) is 25.6. The van der Waals surface area contributed by atoms with Crippen molar-refractivity contribution >= 4 is 40.6 Å². The maximum atomic E-state index is 12.5. The van der Waals surface area contributed by atoms with Crippen molar-refractivity contribution in [3.63, 3.8) is 0 Å². The van der Waals surface area contributed by atoms with Gasteiger partial charge in [-0.15, -0.1) is 0 Å². The topological polar surface area (TPSA) is 101 Å². The van der Waals surface area contributed by atoms with Crippen molar-refractivity contribution in [3.8, 4) is 11.5 Å². The van der Waals surface area contributed by atoms with Crippen LogP contribution in [-0.4, -0.2) is 54.1 Å². The van der Waals surface area contributed by atoms with Crippen molar-refractivity contribution in [1.82, 2.24) is 20.2 Å². The van der Waals surface area contributed by atoms with Gasteiger partial charge in [-0.25, -0.2) is 4.98 Å². The number of ether oxygens (including phenoxy) is 2. The number of hydrogen-bond donors (Lipinski definition) is 3. The molecule has 6 rings (SSSR count). The van der Waals surface area contributed by atoms with E-state index < -0.39 is 0 Å². The highest BCUT2D eigenvalue weighted by Gasteiger charge is 2.22. The average Bonchev–Trinajstić information content (AvgIpc) is 2.90. The molecule has 0 saturated carbocycles. The molecule has 10 heteroatoms. The fraction of sp³-hybridized carbons (Fsp3) is 0.370. The van der Waals surface area contributed by atoms with Crippen molar-refractivity contribution in [3.05, 3.63) is 59.2 Å². The Morgan fingerprint density at radius 3 is 2.73 bits per heavy atom. The number of aromatic nitrogens is 2. The van der Waals surface area contributed by atoms with Crippen LogP contribution < -0.4 is 25.4 Å². The first kappa shape index (κ1) is 25.1. The molecule has 3 N–H and O–H groups in total. The lowest BCUT2D eigenvalue weighted by molar-refractivity contribution is -0.122. The third-order valence-corrected chi connectivity index (χ3v) is 7.02. The molecule has 9 nitrogen and oxygen atoms in total. The van der Waals surface area contributed by atoms with Gasteiger partial charge in [0.25, 0.3) is 0 Å². The lowest BCUT2D eigenvalue weighted by atomic mass is 9.93. The molecule has 37 heavy (non-hydrogen) atoms. The summed E-state index contributed by atoms with van der Waals surface area (Å²) in [5, 5.41) is 10.3. The summed E-state index contributed by atoms with van der Waals surface area (Å²) in [6.45, 7) is 3.39. The molecule has 1 aromatic heterocycles. The van der Waals surface area contributed by atoms with Gasteiger partial charge in [-0.05, 0) is 73.8 Å². The highest BCUT2D eigenvalue weighted by molar-refractivity contribution is 6.31. The quantitative estimate of drug-likeness (QED) is 0.421. The summed E-state index contributed by atoms with van der Waals surface area (Å²) in [5.74, 6) is 2.72. The number of carbonyl (C=O) groups is 1. The Bertz CT molecular complexity index is 1250. The Labute approximate surface area is 221 Å². The first-order valence-corrected chi connectivity index (χ1v) is 12.9. The predicted octanol–water partition coefficient (Wildman–Crippen LogP) is 4.74. The van der Waals surface area contributed by atoms with E-state index in [1.54, 1.807) is 13.3 Å². The average molecular weight is 523 g/mol. The normalized spacial score (nSPS) is 20.2. The Morgan fingerprint density at radius 2 is 1.89 bits per heavy atom. The smallest absolute Gasteiger partial charge is 0.229 e. The second kappa shape index (κ2) is 11.7. The molecule has 0 radical (unpaired) electrons. The molecule has 0 spiro atoms. The fourth-order valence-corrected chi connectivity index (χ4v) is 4.86. The monoisotopic (exact) mass is 522 g/mol. The molecule has 4 heterocycles. The van der Waals surface area contributed by atoms with Gasteiger partial charge in [0.1, 0.15) is 12.4 Å². The van der Waals surface area contributed by atoms with E-state index in [1.807, 2.05) is 36.4 Å². The van der Waals surface area contributed by atoms with Gasteiger partial charge in [0.15, 0.2) is 11.5 Å². The molecule has 2 aromatic carbocycles. The van der Waals surface area contributed by atoms with E-state index in [9.17, 15) is 4.79 Å². The van der Waals surface area contributed by atoms with Crippen LogP contribution in [0, 0.1) is 5.92 Å². The van der Waals surface area contributed by atoms with Crippen molar-refractivity contribution in [2.75, 3.05) is 44.0 Å². The number of fused-ring (bicyclic) bond motifs is 7. The van der Waals surface area contributed by atoms with Gasteiger partial charge in [0, 0.05) is 41.6 Å². The minimum Gasteiger partial charge on any atom is -0.493 e. The van der Waals surface area contributed by atoms with Gasteiger partial charge in [-0.2, -0.15) is 4.98 Å². The van der Waals surface area contributed by atoms with Crippen LogP contribution in [0.1, 0.15) is 24.8 Å². The number of carbonyl (C=O) groups excluding carboxylic acids is 1. The van der Waals surface area contributed by atoms with Crippen molar-refractivity contribution < 1.29 is 14.3 Å². The second-order valence-corrected chi connectivity index (χ2v) is 9.72. The number of anilines is 4. The number of rotatable bonds is 1. The molecule has 1 fully saturated rings. The maximum Gasteiger partial charge on any atom is 0.229 e. The summed E-state index contributed by atoms with van der Waals surface area (Å²) in [6.07, 6.45) is 4.20. The summed E-state index contributed by atoms with van der Waals surface area (Å²) in [5.41, 5.74) is 2.71. The first-order valence-electron chi connectivity index (χ1n) is 12.5. The largest absolute Gasteiger partial charge is 0.493 e. The summed E-state index contributed by atoms with van der Waals surface area (Å²) >= 11 is 6.54. The molecule has 0 unspecified atom stereocenters. The SMILES string of the molecule is COc1ccc2cc1OCCNC(=O)CC1CCN(CC1)Cc1cc(ccc1Cl)Nc1ccnc(n1)N2. The fourth-order valence-electron chi connectivity index (χ4n) is 4.68. The van der Waals surface area contributed by atoms with E-state index in [2.05, 4.69) is 36.9 Å². The second-order valence-electron chi connectivity index (χ2n) is 9.31. The number of nitrogens with zero attached hydrogens (tertiary/aromatic N) is 3. The minimum atomic E-state index is 0.0606. The van der Waals surface area contributed by atoms with Gasteiger partial charge >= 0.3 is 0 Å². The van der Waals surface area contributed by atoms with Crippen LogP contribution >= 0.6 is 11.6 Å². The van der Waals surface area contributed by atoms with E-state index in [4.69, 9.17) is 21.1 Å². The minimum absolute atomic E-state index is 0.0606. The summed E-state index contributed by atoms with van der Waals surface area (Å²) in [6, 6.07) is 13.3. The molecule has 8 bridgehead atoms. The number of piperidine rings is 1. The lowest BCUT2D eigenvalue weighted by Gasteiger charge is -2.32. The Kier molecular flexibility index (Phi) is 7.91. The van der Waals surface area contributed by atoms with E-state index >= 15 is 0 Å². The highest BCUT2D eigenvalue weighted by Crippen LogP contribution is 2.32. The molecule has 1 amide bonds. The van der Waals surface area contributed by atoms with E-state index in [1.165, 1.54) is 0 Å².